The van der Waals surface area contributed by atoms with E-state index in [9.17, 15) is 0 Å². The van der Waals surface area contributed by atoms with Crippen LogP contribution in [0.2, 0.25) is 0 Å². The summed E-state index contributed by atoms with van der Waals surface area (Å²) in [4.78, 5) is 1.38. The number of unbranched alkanes of at least 4 members (excludes halogenated alkanes) is 1. The summed E-state index contributed by atoms with van der Waals surface area (Å²) < 4.78 is 6.68. The fourth-order valence-electron chi connectivity index (χ4n) is 1.52. The number of thiophene rings is 1. The Labute approximate surface area is 117 Å². The van der Waals surface area contributed by atoms with Crippen LogP contribution in [0.3, 0.4) is 0 Å². The summed E-state index contributed by atoms with van der Waals surface area (Å²) in [6.45, 7) is 8.29. The van der Waals surface area contributed by atoms with E-state index in [4.69, 9.17) is 4.74 Å². The molecule has 0 fully saturated rings. The van der Waals surface area contributed by atoms with Crippen LogP contribution in [0.25, 0.3) is 0 Å². The standard InChI is InChI=1S/C13H22BrNOS/c1-10(2)16-7-5-4-6-15-11(3)13-8-12(14)9-17-13/h8-11,15H,4-7H2,1-3H3. The molecule has 0 aliphatic carbocycles. The van der Waals surface area contributed by atoms with Gasteiger partial charge in [-0.25, -0.2) is 0 Å². The Balaban J connectivity index is 2.06. The van der Waals surface area contributed by atoms with Gasteiger partial charge in [-0.2, -0.15) is 0 Å². The van der Waals surface area contributed by atoms with Crippen LogP contribution in [0.15, 0.2) is 15.9 Å². The van der Waals surface area contributed by atoms with Gasteiger partial charge in [0.05, 0.1) is 6.10 Å². The number of hydrogen-bond donors (Lipinski definition) is 1. The molecule has 1 unspecified atom stereocenters. The third-order valence-electron chi connectivity index (χ3n) is 2.49. The average Bonchev–Trinajstić information content (AvgIpc) is 2.69. The lowest BCUT2D eigenvalue weighted by atomic mass is 10.2. The fourth-order valence-corrected chi connectivity index (χ4v) is 3.00. The molecule has 1 aromatic rings. The smallest absolute Gasteiger partial charge is 0.0518 e. The molecule has 4 heteroatoms. The van der Waals surface area contributed by atoms with Crippen molar-refractivity contribution in [2.75, 3.05) is 13.2 Å². The van der Waals surface area contributed by atoms with Crippen molar-refractivity contribution in [3.63, 3.8) is 0 Å². The highest BCUT2D eigenvalue weighted by atomic mass is 79.9. The van der Waals surface area contributed by atoms with E-state index in [1.165, 1.54) is 15.8 Å². The molecule has 1 atom stereocenters. The van der Waals surface area contributed by atoms with Crippen LogP contribution in [-0.2, 0) is 4.74 Å². The lowest BCUT2D eigenvalue weighted by molar-refractivity contribution is 0.0759. The van der Waals surface area contributed by atoms with Crippen molar-refractivity contribution in [2.24, 2.45) is 0 Å². The lowest BCUT2D eigenvalue weighted by Gasteiger charge is -2.12. The number of ether oxygens (including phenoxy) is 1. The van der Waals surface area contributed by atoms with E-state index in [0.717, 1.165) is 19.6 Å². The Kier molecular flexibility index (Phi) is 7.35. The molecule has 0 aromatic carbocycles. The molecule has 0 aliphatic rings. The van der Waals surface area contributed by atoms with Crippen molar-refractivity contribution >= 4 is 27.3 Å². The number of halogens is 1. The van der Waals surface area contributed by atoms with Gasteiger partial charge in [0.1, 0.15) is 0 Å². The summed E-state index contributed by atoms with van der Waals surface area (Å²) in [6.07, 6.45) is 2.65. The molecule has 0 saturated heterocycles. The first-order valence-electron chi connectivity index (χ1n) is 6.18. The van der Waals surface area contributed by atoms with Crippen molar-refractivity contribution in [2.45, 2.75) is 45.8 Å². The first kappa shape index (κ1) is 15.2. The highest BCUT2D eigenvalue weighted by molar-refractivity contribution is 9.10. The van der Waals surface area contributed by atoms with Crippen LogP contribution < -0.4 is 5.32 Å². The average molecular weight is 320 g/mol. The summed E-state index contributed by atoms with van der Waals surface area (Å²) in [7, 11) is 0. The van der Waals surface area contributed by atoms with Crippen LogP contribution in [0.1, 0.15) is 44.5 Å². The summed E-state index contributed by atoms with van der Waals surface area (Å²) in [5.41, 5.74) is 0. The minimum atomic E-state index is 0.352. The van der Waals surface area contributed by atoms with Gasteiger partial charge in [0.2, 0.25) is 0 Å². The van der Waals surface area contributed by atoms with Crippen LogP contribution in [0, 0.1) is 0 Å². The molecule has 0 amide bonds. The molecular weight excluding hydrogens is 298 g/mol. The Hall–Kier alpha value is 0.1000. The van der Waals surface area contributed by atoms with E-state index in [0.29, 0.717) is 12.1 Å². The fraction of sp³-hybridized carbons (Fsp3) is 0.692. The quantitative estimate of drug-likeness (QED) is 0.718. The maximum absolute atomic E-state index is 5.50. The van der Waals surface area contributed by atoms with Crippen molar-refractivity contribution in [3.05, 3.63) is 20.8 Å². The minimum absolute atomic E-state index is 0.352. The Morgan fingerprint density at radius 3 is 2.71 bits per heavy atom. The van der Waals surface area contributed by atoms with Gasteiger partial charge >= 0.3 is 0 Å². The summed E-state index contributed by atoms with van der Waals surface area (Å²) in [5, 5.41) is 5.66. The molecule has 1 aromatic heterocycles. The number of hydrogen-bond acceptors (Lipinski definition) is 3. The van der Waals surface area contributed by atoms with Crippen molar-refractivity contribution in [3.8, 4) is 0 Å². The lowest BCUT2D eigenvalue weighted by Crippen LogP contribution is -2.19. The molecule has 17 heavy (non-hydrogen) atoms. The largest absolute Gasteiger partial charge is 0.379 e. The predicted molar refractivity (Wildman–Crippen MR) is 78.8 cm³/mol. The van der Waals surface area contributed by atoms with Gasteiger partial charge in [-0.05, 0) is 62.2 Å². The second-order valence-corrected chi connectivity index (χ2v) is 6.33. The maximum atomic E-state index is 5.50. The molecule has 1 rings (SSSR count). The van der Waals surface area contributed by atoms with Crippen molar-refractivity contribution in [1.29, 1.82) is 0 Å². The van der Waals surface area contributed by atoms with E-state index in [1.807, 2.05) is 0 Å². The van der Waals surface area contributed by atoms with Gasteiger partial charge in [0.15, 0.2) is 0 Å². The Morgan fingerprint density at radius 2 is 2.12 bits per heavy atom. The number of rotatable bonds is 8. The van der Waals surface area contributed by atoms with E-state index in [2.05, 4.69) is 53.5 Å². The third-order valence-corrected chi connectivity index (χ3v) is 4.36. The van der Waals surface area contributed by atoms with Crippen molar-refractivity contribution in [1.82, 2.24) is 5.32 Å². The zero-order valence-corrected chi connectivity index (χ0v) is 13.2. The monoisotopic (exact) mass is 319 g/mol. The third kappa shape index (κ3) is 6.55. The minimum Gasteiger partial charge on any atom is -0.379 e. The van der Waals surface area contributed by atoms with Crippen LogP contribution in [-0.4, -0.2) is 19.3 Å². The topological polar surface area (TPSA) is 21.3 Å². The van der Waals surface area contributed by atoms with Gasteiger partial charge in [-0.15, -0.1) is 11.3 Å². The second kappa shape index (κ2) is 8.25. The normalized spacial score (nSPS) is 13.2. The number of nitrogens with one attached hydrogen (secondary N) is 1. The van der Waals surface area contributed by atoms with Gasteiger partial charge < -0.3 is 10.1 Å². The van der Waals surface area contributed by atoms with Gasteiger partial charge in [-0.1, -0.05) is 0 Å². The molecular formula is C13H22BrNOS. The van der Waals surface area contributed by atoms with E-state index < -0.39 is 0 Å². The molecule has 0 bridgehead atoms. The molecule has 98 valence electrons. The molecule has 0 radical (unpaired) electrons. The molecule has 1 N–H and O–H groups in total. The highest BCUT2D eigenvalue weighted by Crippen LogP contribution is 2.25. The zero-order chi connectivity index (χ0) is 12.7. The molecule has 2 nitrogen and oxygen atoms in total. The maximum Gasteiger partial charge on any atom is 0.0518 e. The molecule has 0 saturated carbocycles. The zero-order valence-electron chi connectivity index (χ0n) is 10.8. The summed E-state index contributed by atoms with van der Waals surface area (Å²) in [6, 6.07) is 2.63. The predicted octanol–water partition coefficient (Wildman–Crippen LogP) is 4.37. The van der Waals surface area contributed by atoms with Crippen molar-refractivity contribution < 1.29 is 4.74 Å². The second-order valence-electron chi connectivity index (χ2n) is 4.47. The first-order valence-corrected chi connectivity index (χ1v) is 7.85. The van der Waals surface area contributed by atoms with E-state index in [1.54, 1.807) is 11.3 Å². The van der Waals surface area contributed by atoms with Gasteiger partial charge in [0, 0.05) is 27.4 Å². The summed E-state index contributed by atoms with van der Waals surface area (Å²) >= 11 is 5.28. The summed E-state index contributed by atoms with van der Waals surface area (Å²) in [5.74, 6) is 0. The van der Waals surface area contributed by atoms with Crippen LogP contribution in [0.4, 0.5) is 0 Å². The molecule has 0 aliphatic heterocycles. The SMILES string of the molecule is CC(C)OCCCCNC(C)c1cc(Br)cs1. The highest BCUT2D eigenvalue weighted by Gasteiger charge is 2.06. The Bertz CT molecular complexity index is 314. The van der Waals surface area contributed by atoms with Gasteiger partial charge in [-0.3, -0.25) is 0 Å². The molecule has 1 heterocycles. The molecule has 0 spiro atoms. The Morgan fingerprint density at radius 1 is 1.35 bits per heavy atom. The van der Waals surface area contributed by atoms with E-state index >= 15 is 0 Å². The van der Waals surface area contributed by atoms with Gasteiger partial charge in [0.25, 0.3) is 0 Å². The van der Waals surface area contributed by atoms with E-state index in [-0.39, 0.29) is 0 Å². The first-order chi connectivity index (χ1) is 8.09. The van der Waals surface area contributed by atoms with Crippen LogP contribution >= 0.6 is 27.3 Å². The van der Waals surface area contributed by atoms with Crippen LogP contribution in [0.5, 0.6) is 0 Å².